The van der Waals surface area contributed by atoms with E-state index >= 15 is 0 Å². The summed E-state index contributed by atoms with van der Waals surface area (Å²) in [7, 11) is -3.49. The Kier molecular flexibility index (Phi) is 10.2. The van der Waals surface area contributed by atoms with Crippen LogP contribution in [-0.4, -0.2) is 50.5 Å². The lowest BCUT2D eigenvalue weighted by Gasteiger charge is -2.57. The van der Waals surface area contributed by atoms with E-state index in [1.165, 1.54) is 36.3 Å². The highest BCUT2D eigenvalue weighted by Gasteiger charge is 2.60. The van der Waals surface area contributed by atoms with Crippen LogP contribution in [0, 0.1) is 0 Å². The van der Waals surface area contributed by atoms with Gasteiger partial charge >= 0.3 is 0 Å². The summed E-state index contributed by atoms with van der Waals surface area (Å²) in [6.45, 7) is 18.1. The monoisotopic (exact) mass is 360 g/mol. The van der Waals surface area contributed by atoms with Crippen LogP contribution in [0.1, 0.15) is 41.5 Å². The molecule has 1 unspecified atom stereocenters. The maximum Gasteiger partial charge on any atom is 0.100 e. The number of hydrogen-bond acceptors (Lipinski definition) is 3. The summed E-state index contributed by atoms with van der Waals surface area (Å²) < 4.78 is 6.60. The summed E-state index contributed by atoms with van der Waals surface area (Å²) in [6.07, 6.45) is 1.33. The molecule has 0 aromatic heterocycles. The molecule has 0 aliphatic carbocycles. The molecule has 0 fully saturated rings. The van der Waals surface area contributed by atoms with E-state index in [0.29, 0.717) is 0 Å². The largest absolute Gasteiger partial charge is 0.394 e. The maximum atomic E-state index is 9.91. The fourth-order valence-electron chi connectivity index (χ4n) is 4.72. The summed E-state index contributed by atoms with van der Waals surface area (Å²) in [5.41, 5.74) is 0. The van der Waals surface area contributed by atoms with Crippen LogP contribution in [0.2, 0.25) is 36.3 Å². The van der Waals surface area contributed by atoms with Crippen molar-refractivity contribution < 1.29 is 14.9 Å². The molecule has 0 heterocycles. The SMILES string of the molecule is C=CC(OCC(O)CO)([Si](CC)(CC)CC)[Si](CC)(CC)CC. The zero-order valence-electron chi connectivity index (χ0n) is 16.3. The molecule has 23 heavy (non-hydrogen) atoms. The second-order valence-electron chi connectivity index (χ2n) is 6.77. The quantitative estimate of drug-likeness (QED) is 0.378. The molecular weight excluding hydrogens is 320 g/mol. The van der Waals surface area contributed by atoms with Crippen molar-refractivity contribution in [2.45, 2.75) is 88.8 Å². The predicted octanol–water partition coefficient (Wildman–Crippen LogP) is 4.38. The minimum absolute atomic E-state index is 0.214. The van der Waals surface area contributed by atoms with E-state index in [1.54, 1.807) is 0 Å². The molecule has 0 bridgehead atoms. The van der Waals surface area contributed by atoms with Gasteiger partial charge in [-0.1, -0.05) is 83.9 Å². The Morgan fingerprint density at radius 1 is 0.913 bits per heavy atom. The van der Waals surface area contributed by atoms with Crippen LogP contribution < -0.4 is 0 Å². The van der Waals surface area contributed by atoms with E-state index in [2.05, 4.69) is 54.2 Å². The average Bonchev–Trinajstić information content (AvgIpc) is 2.61. The van der Waals surface area contributed by atoms with Crippen molar-refractivity contribution in [3.63, 3.8) is 0 Å². The fraction of sp³-hybridized carbons (Fsp3) is 0.889. The summed E-state index contributed by atoms with van der Waals surface area (Å²) in [4.78, 5) is -0.230. The third kappa shape index (κ3) is 4.01. The molecule has 0 amide bonds. The lowest BCUT2D eigenvalue weighted by Crippen LogP contribution is -2.72. The summed E-state index contributed by atoms with van der Waals surface area (Å²) in [5, 5.41) is 19.1. The molecular formula is C18H40O3Si2. The molecule has 138 valence electrons. The minimum atomic E-state index is -1.75. The number of ether oxygens (including phenoxy) is 1. The molecule has 0 saturated carbocycles. The zero-order valence-corrected chi connectivity index (χ0v) is 18.3. The van der Waals surface area contributed by atoms with Gasteiger partial charge in [-0.3, -0.25) is 0 Å². The first-order valence-corrected chi connectivity index (χ1v) is 14.7. The summed E-state index contributed by atoms with van der Waals surface area (Å²) in [5.74, 6) is 0. The third-order valence-corrected chi connectivity index (χ3v) is 21.8. The highest BCUT2D eigenvalue weighted by molar-refractivity contribution is 7.02. The van der Waals surface area contributed by atoms with Crippen LogP contribution in [0.5, 0.6) is 0 Å². The second kappa shape index (κ2) is 10.1. The van der Waals surface area contributed by atoms with Crippen molar-refractivity contribution in [1.82, 2.24) is 0 Å². The Morgan fingerprint density at radius 2 is 1.26 bits per heavy atom. The average molecular weight is 361 g/mol. The van der Waals surface area contributed by atoms with Gasteiger partial charge in [0.25, 0.3) is 0 Å². The van der Waals surface area contributed by atoms with Gasteiger partial charge in [-0.25, -0.2) is 0 Å². The lowest BCUT2D eigenvalue weighted by molar-refractivity contribution is -0.0125. The Labute approximate surface area is 146 Å². The van der Waals surface area contributed by atoms with Gasteiger partial charge in [0.05, 0.1) is 34.2 Å². The number of hydrogen-bond donors (Lipinski definition) is 2. The zero-order chi connectivity index (χ0) is 18.1. The predicted molar refractivity (Wildman–Crippen MR) is 106 cm³/mol. The first-order valence-electron chi connectivity index (χ1n) is 9.44. The molecule has 0 aliphatic rings. The second-order valence-corrected chi connectivity index (χ2v) is 18.1. The van der Waals surface area contributed by atoms with Gasteiger partial charge in [-0.2, -0.15) is 0 Å². The van der Waals surface area contributed by atoms with Gasteiger partial charge in [0.15, 0.2) is 0 Å². The molecule has 0 aromatic rings. The minimum Gasteiger partial charge on any atom is -0.394 e. The molecule has 1 atom stereocenters. The van der Waals surface area contributed by atoms with Crippen molar-refractivity contribution in [1.29, 1.82) is 0 Å². The van der Waals surface area contributed by atoms with Crippen LogP contribution >= 0.6 is 0 Å². The van der Waals surface area contributed by atoms with Crippen LogP contribution in [0.3, 0.4) is 0 Å². The topological polar surface area (TPSA) is 49.7 Å². The molecule has 0 rings (SSSR count). The van der Waals surface area contributed by atoms with E-state index < -0.39 is 22.3 Å². The third-order valence-electron chi connectivity index (χ3n) is 6.64. The first kappa shape index (κ1) is 23.1. The van der Waals surface area contributed by atoms with Crippen molar-refractivity contribution in [3.05, 3.63) is 12.7 Å². The molecule has 3 nitrogen and oxygen atoms in total. The van der Waals surface area contributed by atoms with E-state index in [-0.39, 0.29) is 18.1 Å². The molecule has 0 radical (unpaired) electrons. The van der Waals surface area contributed by atoms with Crippen molar-refractivity contribution in [2.75, 3.05) is 13.2 Å². The Morgan fingerprint density at radius 3 is 1.48 bits per heavy atom. The van der Waals surface area contributed by atoms with Gasteiger partial charge in [0.1, 0.15) is 6.10 Å². The molecule has 0 aromatic carbocycles. The lowest BCUT2D eigenvalue weighted by atomic mass is 10.4. The van der Waals surface area contributed by atoms with Crippen LogP contribution in [-0.2, 0) is 4.74 Å². The highest BCUT2D eigenvalue weighted by Crippen LogP contribution is 2.47. The number of aliphatic hydroxyl groups excluding tert-OH is 2. The van der Waals surface area contributed by atoms with Gasteiger partial charge < -0.3 is 14.9 Å². The van der Waals surface area contributed by atoms with Gasteiger partial charge in [0.2, 0.25) is 0 Å². The number of rotatable bonds is 13. The Hall–Kier alpha value is 0.0538. The van der Waals surface area contributed by atoms with Gasteiger partial charge in [0, 0.05) is 0 Å². The Balaban J connectivity index is 6.25. The van der Waals surface area contributed by atoms with E-state index in [0.717, 1.165) is 0 Å². The molecule has 0 spiro atoms. The highest BCUT2D eigenvalue weighted by atomic mass is 28.4. The normalized spacial score (nSPS) is 14.8. The Bertz CT molecular complexity index is 303. The molecule has 0 saturated heterocycles. The number of aliphatic hydroxyl groups is 2. The maximum absolute atomic E-state index is 9.91. The summed E-state index contributed by atoms with van der Waals surface area (Å²) >= 11 is 0. The van der Waals surface area contributed by atoms with Crippen molar-refractivity contribution in [3.8, 4) is 0 Å². The molecule has 2 N–H and O–H groups in total. The van der Waals surface area contributed by atoms with Crippen molar-refractivity contribution in [2.24, 2.45) is 0 Å². The smallest absolute Gasteiger partial charge is 0.100 e. The van der Waals surface area contributed by atoms with E-state index in [4.69, 9.17) is 4.74 Å². The van der Waals surface area contributed by atoms with E-state index in [1.807, 2.05) is 0 Å². The fourth-order valence-corrected chi connectivity index (χ4v) is 20.2. The van der Waals surface area contributed by atoms with Crippen molar-refractivity contribution >= 4 is 16.1 Å². The standard InChI is InChI=1S/C18H40O3Si2/c1-8-18(21-16-17(20)15-19,22(9-2,10-3)11-4)23(12-5,13-6)14-7/h8,17,19-20H,1,9-16H2,2-7H3. The molecule has 0 aliphatic heterocycles. The first-order chi connectivity index (χ1) is 10.9. The van der Waals surface area contributed by atoms with Crippen LogP contribution in [0.4, 0.5) is 0 Å². The van der Waals surface area contributed by atoms with Crippen LogP contribution in [0.15, 0.2) is 12.7 Å². The van der Waals surface area contributed by atoms with Gasteiger partial charge in [-0.15, -0.1) is 6.58 Å². The van der Waals surface area contributed by atoms with E-state index in [9.17, 15) is 10.2 Å². The van der Waals surface area contributed by atoms with Crippen LogP contribution in [0.25, 0.3) is 0 Å². The van der Waals surface area contributed by atoms with Gasteiger partial charge in [-0.05, 0) is 0 Å². The molecule has 5 heteroatoms. The summed E-state index contributed by atoms with van der Waals surface area (Å²) in [6, 6.07) is 7.06.